The maximum atomic E-state index is 13.4. The molecule has 0 aromatic heterocycles. The van der Waals surface area contributed by atoms with E-state index in [1.54, 1.807) is 7.05 Å². The highest BCUT2D eigenvalue weighted by molar-refractivity contribution is 5.94. The van der Waals surface area contributed by atoms with Crippen molar-refractivity contribution in [3.63, 3.8) is 0 Å². The summed E-state index contributed by atoms with van der Waals surface area (Å²) in [6.45, 7) is 3.31. The number of nitriles is 1. The van der Waals surface area contributed by atoms with E-state index in [1.807, 2.05) is 30.0 Å². The van der Waals surface area contributed by atoms with Crippen molar-refractivity contribution in [3.05, 3.63) is 34.9 Å². The van der Waals surface area contributed by atoms with Crippen LogP contribution in [-0.2, 0) is 16.0 Å². The highest BCUT2D eigenvalue weighted by atomic mass is 16.2. The molecular weight excluding hydrogens is 430 g/mol. The molecule has 7 atom stereocenters. The highest BCUT2D eigenvalue weighted by Crippen LogP contribution is 2.48. The highest BCUT2D eigenvalue weighted by Gasteiger charge is 2.56. The third kappa shape index (κ3) is 3.17. The number of hydrogen-bond donors (Lipinski definition) is 1. The number of carbonyl (C=O) groups is 3. The van der Waals surface area contributed by atoms with Crippen molar-refractivity contribution >= 4 is 17.7 Å². The molecule has 5 aliphatic rings. The average Bonchev–Trinajstić information content (AvgIpc) is 3.18. The number of rotatable bonds is 5. The van der Waals surface area contributed by atoms with Crippen LogP contribution >= 0.6 is 0 Å². The van der Waals surface area contributed by atoms with Crippen LogP contribution in [0.5, 0.6) is 0 Å². The Hall–Kier alpha value is -2.92. The zero-order valence-corrected chi connectivity index (χ0v) is 19.7. The standard InChI is InChI=1S/C26H31N5O3/c1-14(25(33)30-18(11-27)8-17-9-22(17)30)12-29-13-19-10-23(29)26(34)31(19)21-6-4-15-7-16(24(32)28-2)3-5-20(15)21/h3,5,7,14,17-19,21-23H,4,6,8-10,12-13H2,1-2H3,(H,28,32)/t14-,17+,18-,19+,21+,22?,23+/m0/s1. The van der Waals surface area contributed by atoms with Gasteiger partial charge in [0.25, 0.3) is 5.91 Å². The number of piperidine rings is 1. The van der Waals surface area contributed by atoms with Crippen molar-refractivity contribution in [3.8, 4) is 6.07 Å². The fourth-order valence-corrected chi connectivity index (χ4v) is 7.04. The molecule has 2 bridgehead atoms. The molecule has 6 rings (SSSR count). The molecule has 34 heavy (non-hydrogen) atoms. The van der Waals surface area contributed by atoms with E-state index in [1.165, 1.54) is 5.56 Å². The molecule has 3 aliphatic heterocycles. The first-order valence-electron chi connectivity index (χ1n) is 12.5. The average molecular weight is 462 g/mol. The molecule has 3 saturated heterocycles. The van der Waals surface area contributed by atoms with Gasteiger partial charge >= 0.3 is 0 Å². The fraction of sp³-hybridized carbons (Fsp3) is 0.615. The topological polar surface area (TPSA) is 96.8 Å². The number of nitrogens with zero attached hydrogens (tertiary/aromatic N) is 4. The van der Waals surface area contributed by atoms with E-state index < -0.39 is 0 Å². The largest absolute Gasteiger partial charge is 0.355 e. The minimum Gasteiger partial charge on any atom is -0.355 e. The van der Waals surface area contributed by atoms with Gasteiger partial charge in [0.2, 0.25) is 11.8 Å². The number of aryl methyl sites for hydroxylation is 1. The zero-order valence-electron chi connectivity index (χ0n) is 19.7. The molecule has 1 aromatic carbocycles. The Balaban J connectivity index is 1.12. The van der Waals surface area contributed by atoms with Crippen LogP contribution in [0.1, 0.15) is 60.1 Å². The van der Waals surface area contributed by atoms with E-state index in [9.17, 15) is 19.6 Å². The van der Waals surface area contributed by atoms with Crippen LogP contribution in [0.25, 0.3) is 0 Å². The predicted molar refractivity (Wildman–Crippen MR) is 123 cm³/mol. The van der Waals surface area contributed by atoms with Crippen LogP contribution in [0.2, 0.25) is 0 Å². The molecule has 8 heteroatoms. The predicted octanol–water partition coefficient (Wildman–Crippen LogP) is 1.47. The van der Waals surface area contributed by atoms with Gasteiger partial charge in [-0.1, -0.05) is 13.0 Å². The van der Waals surface area contributed by atoms with Gasteiger partial charge < -0.3 is 15.1 Å². The zero-order chi connectivity index (χ0) is 23.7. The van der Waals surface area contributed by atoms with E-state index in [0.717, 1.165) is 44.2 Å². The van der Waals surface area contributed by atoms with Crippen molar-refractivity contribution < 1.29 is 14.4 Å². The summed E-state index contributed by atoms with van der Waals surface area (Å²) in [5, 5.41) is 12.1. The number of nitrogens with one attached hydrogen (secondary N) is 1. The first-order chi connectivity index (χ1) is 16.4. The van der Waals surface area contributed by atoms with Crippen LogP contribution in [0, 0.1) is 23.2 Å². The Morgan fingerprint density at radius 2 is 2.06 bits per heavy atom. The molecule has 3 amide bonds. The van der Waals surface area contributed by atoms with Gasteiger partial charge in [-0.3, -0.25) is 19.3 Å². The van der Waals surface area contributed by atoms with E-state index >= 15 is 0 Å². The van der Waals surface area contributed by atoms with Crippen molar-refractivity contribution in [2.75, 3.05) is 20.1 Å². The molecule has 8 nitrogen and oxygen atoms in total. The van der Waals surface area contributed by atoms with Gasteiger partial charge in [0, 0.05) is 43.7 Å². The maximum absolute atomic E-state index is 13.4. The lowest BCUT2D eigenvalue weighted by Gasteiger charge is -2.39. The second-order valence-electron chi connectivity index (χ2n) is 10.7. The Morgan fingerprint density at radius 3 is 2.79 bits per heavy atom. The molecule has 1 unspecified atom stereocenters. The van der Waals surface area contributed by atoms with Crippen molar-refractivity contribution in [1.29, 1.82) is 5.26 Å². The molecule has 1 N–H and O–H groups in total. The number of fused-ring (bicyclic) bond motifs is 4. The van der Waals surface area contributed by atoms with Crippen LogP contribution in [0.4, 0.5) is 0 Å². The Labute approximate surface area is 199 Å². The van der Waals surface area contributed by atoms with Crippen LogP contribution < -0.4 is 5.32 Å². The summed E-state index contributed by atoms with van der Waals surface area (Å²) in [5.74, 6) is 0.448. The van der Waals surface area contributed by atoms with Gasteiger partial charge in [-0.25, -0.2) is 0 Å². The minimum atomic E-state index is -0.280. The molecular formula is C26H31N5O3. The summed E-state index contributed by atoms with van der Waals surface area (Å²) in [4.78, 5) is 44.7. The van der Waals surface area contributed by atoms with E-state index in [0.29, 0.717) is 18.0 Å². The second-order valence-corrected chi connectivity index (χ2v) is 10.7. The number of amides is 3. The number of likely N-dealkylation sites (tertiary alicyclic amines) is 3. The molecule has 3 heterocycles. The number of hydrogen-bond acceptors (Lipinski definition) is 5. The van der Waals surface area contributed by atoms with Crippen molar-refractivity contribution in [2.24, 2.45) is 11.8 Å². The molecule has 4 fully saturated rings. The first kappa shape index (κ1) is 21.6. The summed E-state index contributed by atoms with van der Waals surface area (Å²) < 4.78 is 0. The molecule has 1 saturated carbocycles. The SMILES string of the molecule is CNC(=O)c1ccc2c(c1)CC[C@H]2N1C(=O)[C@H]2C[C@@H]1CN2C[C@H](C)C(=O)N1C2C[C@H]2C[C@H]1C#N. The van der Waals surface area contributed by atoms with Gasteiger partial charge in [-0.2, -0.15) is 5.26 Å². The van der Waals surface area contributed by atoms with Crippen LogP contribution in [0.3, 0.4) is 0 Å². The van der Waals surface area contributed by atoms with Gasteiger partial charge in [0.05, 0.1) is 18.2 Å². The normalized spacial score (nSPS) is 34.1. The summed E-state index contributed by atoms with van der Waals surface area (Å²) in [7, 11) is 1.63. The van der Waals surface area contributed by atoms with Crippen molar-refractivity contribution in [2.45, 2.75) is 69.2 Å². The smallest absolute Gasteiger partial charge is 0.251 e. The molecule has 1 aromatic rings. The van der Waals surface area contributed by atoms with E-state index in [2.05, 4.69) is 21.2 Å². The van der Waals surface area contributed by atoms with Gasteiger partial charge in [-0.15, -0.1) is 0 Å². The summed E-state index contributed by atoms with van der Waals surface area (Å²) in [5.41, 5.74) is 2.99. The van der Waals surface area contributed by atoms with Crippen LogP contribution in [-0.4, -0.2) is 76.7 Å². The number of benzene rings is 1. The van der Waals surface area contributed by atoms with Gasteiger partial charge in [0.1, 0.15) is 6.04 Å². The summed E-state index contributed by atoms with van der Waals surface area (Å²) in [6, 6.07) is 8.20. The lowest BCUT2D eigenvalue weighted by Crippen LogP contribution is -2.53. The Kier molecular flexibility index (Phi) is 4.96. The van der Waals surface area contributed by atoms with Crippen LogP contribution in [0.15, 0.2) is 18.2 Å². The monoisotopic (exact) mass is 461 g/mol. The Morgan fingerprint density at radius 1 is 1.24 bits per heavy atom. The maximum Gasteiger partial charge on any atom is 0.251 e. The second kappa shape index (κ2) is 7.81. The number of carbonyl (C=O) groups excluding carboxylic acids is 3. The van der Waals surface area contributed by atoms with Gasteiger partial charge in [0.15, 0.2) is 0 Å². The molecule has 2 aliphatic carbocycles. The molecule has 178 valence electrons. The lowest BCUT2D eigenvalue weighted by molar-refractivity contribution is -0.142. The summed E-state index contributed by atoms with van der Waals surface area (Å²) >= 11 is 0. The fourth-order valence-electron chi connectivity index (χ4n) is 7.04. The third-order valence-corrected chi connectivity index (χ3v) is 8.77. The molecule has 0 radical (unpaired) electrons. The first-order valence-corrected chi connectivity index (χ1v) is 12.5. The molecule has 0 spiro atoms. The third-order valence-electron chi connectivity index (χ3n) is 8.77. The quantitative estimate of drug-likeness (QED) is 0.716. The summed E-state index contributed by atoms with van der Waals surface area (Å²) in [6.07, 6.45) is 4.43. The van der Waals surface area contributed by atoms with Crippen molar-refractivity contribution in [1.82, 2.24) is 20.0 Å². The van der Waals surface area contributed by atoms with Gasteiger partial charge in [-0.05, 0) is 61.3 Å². The Bertz CT molecular complexity index is 1110. The lowest BCUT2D eigenvalue weighted by atomic mass is 10.0. The minimum absolute atomic E-state index is 0.0697. The van der Waals surface area contributed by atoms with E-state index in [-0.39, 0.29) is 53.8 Å². The number of piperazine rings is 1. The van der Waals surface area contributed by atoms with E-state index in [4.69, 9.17) is 0 Å².